The SMILES string of the molecule is CS(=O)(=O)CCN1OCCC(N2C(=O)c3cccc(N)c3C2=O)O1. The number of nitrogen functional groups attached to an aromatic ring is 1. The molecule has 10 heteroatoms. The van der Waals surface area contributed by atoms with Crippen LogP contribution in [0.15, 0.2) is 18.2 Å². The molecular formula is C14H17N3O6S. The van der Waals surface area contributed by atoms with Crippen molar-refractivity contribution >= 4 is 27.3 Å². The average Bonchev–Trinajstić information content (AvgIpc) is 2.77. The number of benzene rings is 1. The molecule has 0 radical (unpaired) electrons. The number of carbonyl (C=O) groups excluding carboxylic acids is 2. The number of amides is 2. The van der Waals surface area contributed by atoms with Gasteiger partial charge < -0.3 is 5.73 Å². The Labute approximate surface area is 138 Å². The maximum atomic E-state index is 12.5. The van der Waals surface area contributed by atoms with Gasteiger partial charge in [-0.25, -0.2) is 18.2 Å². The lowest BCUT2D eigenvalue weighted by Gasteiger charge is -2.34. The van der Waals surface area contributed by atoms with Crippen molar-refractivity contribution in [1.29, 1.82) is 0 Å². The van der Waals surface area contributed by atoms with Gasteiger partial charge in [-0.05, 0) is 12.1 Å². The van der Waals surface area contributed by atoms with Crippen LogP contribution in [-0.2, 0) is 19.5 Å². The predicted octanol–water partition coefficient (Wildman–Crippen LogP) is -0.196. The number of imide groups is 1. The molecule has 0 aromatic heterocycles. The highest BCUT2D eigenvalue weighted by atomic mass is 32.2. The summed E-state index contributed by atoms with van der Waals surface area (Å²) in [6, 6.07) is 4.69. The van der Waals surface area contributed by atoms with E-state index in [0.29, 0.717) is 0 Å². The van der Waals surface area contributed by atoms with Crippen LogP contribution in [0.25, 0.3) is 0 Å². The predicted molar refractivity (Wildman–Crippen MR) is 83.2 cm³/mol. The van der Waals surface area contributed by atoms with Crippen LogP contribution in [0.3, 0.4) is 0 Å². The fraction of sp³-hybridized carbons (Fsp3) is 0.429. The average molecular weight is 355 g/mol. The monoisotopic (exact) mass is 355 g/mol. The normalized spacial score (nSPS) is 22.0. The van der Waals surface area contributed by atoms with Crippen molar-refractivity contribution < 1.29 is 27.7 Å². The van der Waals surface area contributed by atoms with Crippen molar-refractivity contribution in [1.82, 2.24) is 10.1 Å². The van der Waals surface area contributed by atoms with Crippen LogP contribution in [0.4, 0.5) is 5.69 Å². The molecule has 24 heavy (non-hydrogen) atoms. The zero-order chi connectivity index (χ0) is 17.5. The van der Waals surface area contributed by atoms with Gasteiger partial charge in [-0.15, -0.1) is 0 Å². The van der Waals surface area contributed by atoms with E-state index in [1.165, 1.54) is 6.07 Å². The summed E-state index contributed by atoms with van der Waals surface area (Å²) in [7, 11) is -3.20. The maximum absolute atomic E-state index is 12.5. The molecule has 1 fully saturated rings. The highest BCUT2D eigenvalue weighted by Gasteiger charge is 2.43. The summed E-state index contributed by atoms with van der Waals surface area (Å²) in [6.07, 6.45) is 0.507. The smallest absolute Gasteiger partial charge is 0.265 e. The van der Waals surface area contributed by atoms with Crippen LogP contribution in [0.5, 0.6) is 0 Å². The molecule has 1 aromatic carbocycles. The Bertz CT molecular complexity index is 794. The van der Waals surface area contributed by atoms with Gasteiger partial charge in [-0.1, -0.05) is 11.3 Å². The lowest BCUT2D eigenvalue weighted by molar-refractivity contribution is -0.422. The molecule has 2 aliphatic heterocycles. The second-order valence-electron chi connectivity index (χ2n) is 5.62. The zero-order valence-electron chi connectivity index (χ0n) is 13.0. The number of anilines is 1. The number of nitrogens with two attached hydrogens (primary N) is 1. The largest absolute Gasteiger partial charge is 0.398 e. The quantitative estimate of drug-likeness (QED) is 0.583. The van der Waals surface area contributed by atoms with E-state index < -0.39 is 27.9 Å². The summed E-state index contributed by atoms with van der Waals surface area (Å²) in [4.78, 5) is 36.7. The number of nitrogens with zero attached hydrogens (tertiary/aromatic N) is 2. The highest BCUT2D eigenvalue weighted by molar-refractivity contribution is 7.90. The molecule has 2 amide bonds. The Kier molecular flexibility index (Phi) is 4.30. The van der Waals surface area contributed by atoms with E-state index >= 15 is 0 Å². The topological polar surface area (TPSA) is 119 Å². The van der Waals surface area contributed by atoms with Crippen LogP contribution < -0.4 is 5.73 Å². The molecule has 2 heterocycles. The number of fused-ring (bicyclic) bond motifs is 1. The van der Waals surface area contributed by atoms with Crippen molar-refractivity contribution in [2.75, 3.05) is 30.9 Å². The summed E-state index contributed by atoms with van der Waals surface area (Å²) in [5, 5.41) is 1.00. The number of rotatable bonds is 4. The molecule has 9 nitrogen and oxygen atoms in total. The molecule has 0 bridgehead atoms. The van der Waals surface area contributed by atoms with Gasteiger partial charge in [0.2, 0.25) is 0 Å². The molecule has 3 rings (SSSR count). The number of hydrogen-bond acceptors (Lipinski definition) is 8. The van der Waals surface area contributed by atoms with E-state index in [2.05, 4.69) is 0 Å². The van der Waals surface area contributed by atoms with Crippen molar-refractivity contribution in [3.8, 4) is 0 Å². The Morgan fingerprint density at radius 1 is 1.29 bits per heavy atom. The number of carbonyl (C=O) groups is 2. The summed E-state index contributed by atoms with van der Waals surface area (Å²) < 4.78 is 22.5. The minimum Gasteiger partial charge on any atom is -0.398 e. The molecule has 1 unspecified atom stereocenters. The van der Waals surface area contributed by atoms with Crippen LogP contribution >= 0.6 is 0 Å². The van der Waals surface area contributed by atoms with E-state index in [1.807, 2.05) is 0 Å². The fourth-order valence-electron chi connectivity index (χ4n) is 2.60. The summed E-state index contributed by atoms with van der Waals surface area (Å²) in [5.74, 6) is -1.19. The second kappa shape index (κ2) is 6.13. The van der Waals surface area contributed by atoms with Crippen molar-refractivity contribution in [2.24, 2.45) is 0 Å². The molecule has 0 spiro atoms. The third-order valence-corrected chi connectivity index (χ3v) is 4.67. The lowest BCUT2D eigenvalue weighted by atomic mass is 10.1. The van der Waals surface area contributed by atoms with Gasteiger partial charge in [0.1, 0.15) is 9.84 Å². The second-order valence-corrected chi connectivity index (χ2v) is 7.88. The first-order chi connectivity index (χ1) is 11.3. The van der Waals surface area contributed by atoms with Crippen LogP contribution in [0, 0.1) is 0 Å². The third kappa shape index (κ3) is 3.13. The first kappa shape index (κ1) is 16.8. The number of hydrogen-bond donors (Lipinski definition) is 1. The van der Waals surface area contributed by atoms with Gasteiger partial charge in [-0.3, -0.25) is 14.4 Å². The minimum atomic E-state index is -3.20. The molecule has 1 atom stereocenters. The van der Waals surface area contributed by atoms with E-state index in [1.54, 1.807) is 12.1 Å². The first-order valence-electron chi connectivity index (χ1n) is 7.29. The van der Waals surface area contributed by atoms with Gasteiger partial charge in [0.15, 0.2) is 6.23 Å². The first-order valence-corrected chi connectivity index (χ1v) is 9.35. The Morgan fingerprint density at radius 2 is 2.04 bits per heavy atom. The third-order valence-electron chi connectivity index (χ3n) is 3.75. The molecule has 1 aromatic rings. The van der Waals surface area contributed by atoms with Crippen molar-refractivity contribution in [3.05, 3.63) is 29.3 Å². The zero-order valence-corrected chi connectivity index (χ0v) is 13.8. The van der Waals surface area contributed by atoms with Crippen molar-refractivity contribution in [2.45, 2.75) is 12.6 Å². The molecule has 2 N–H and O–H groups in total. The molecule has 2 aliphatic rings. The van der Waals surface area contributed by atoms with Gasteiger partial charge in [0, 0.05) is 18.4 Å². The van der Waals surface area contributed by atoms with E-state index in [0.717, 1.165) is 16.4 Å². The highest BCUT2D eigenvalue weighted by Crippen LogP contribution is 2.31. The van der Waals surface area contributed by atoms with Gasteiger partial charge in [0.25, 0.3) is 11.8 Å². The summed E-state index contributed by atoms with van der Waals surface area (Å²) >= 11 is 0. The van der Waals surface area contributed by atoms with Crippen LogP contribution in [0.1, 0.15) is 27.1 Å². The Morgan fingerprint density at radius 3 is 2.71 bits per heavy atom. The Balaban J connectivity index is 1.76. The Hall–Kier alpha value is -2.01. The lowest BCUT2D eigenvalue weighted by Crippen LogP contribution is -2.49. The van der Waals surface area contributed by atoms with Gasteiger partial charge in [0.05, 0.1) is 30.0 Å². The minimum absolute atomic E-state index is 0.0271. The molecule has 0 saturated carbocycles. The van der Waals surface area contributed by atoms with Crippen LogP contribution in [-0.4, -0.2) is 61.7 Å². The summed E-state index contributed by atoms with van der Waals surface area (Å²) in [6.45, 7) is 0.165. The van der Waals surface area contributed by atoms with E-state index in [4.69, 9.17) is 15.4 Å². The summed E-state index contributed by atoms with van der Waals surface area (Å²) in [5.41, 5.74) is 6.43. The molecular weight excluding hydrogens is 338 g/mol. The van der Waals surface area contributed by atoms with E-state index in [-0.39, 0.29) is 42.1 Å². The van der Waals surface area contributed by atoms with Crippen LogP contribution in [0.2, 0.25) is 0 Å². The maximum Gasteiger partial charge on any atom is 0.265 e. The number of sulfone groups is 1. The number of hydroxylamine groups is 2. The van der Waals surface area contributed by atoms with Crippen molar-refractivity contribution in [3.63, 3.8) is 0 Å². The van der Waals surface area contributed by atoms with Gasteiger partial charge >= 0.3 is 0 Å². The molecule has 130 valence electrons. The van der Waals surface area contributed by atoms with E-state index in [9.17, 15) is 18.0 Å². The molecule has 1 saturated heterocycles. The standard InChI is InChI=1S/C14H17N3O6S/c1-24(20,21)8-6-16-22-7-5-11(23-16)17-13(18)9-3-2-4-10(15)12(9)14(17)19/h2-4,11H,5-8,15H2,1H3. The van der Waals surface area contributed by atoms with Gasteiger partial charge in [-0.2, -0.15) is 0 Å². The molecule has 0 aliphatic carbocycles. The fourth-order valence-corrected chi connectivity index (χ4v) is 3.08.